The lowest BCUT2D eigenvalue weighted by atomic mass is 10.1. The first-order valence-corrected chi connectivity index (χ1v) is 4.60. The maximum absolute atomic E-state index is 12.8. The highest BCUT2D eigenvalue weighted by Crippen LogP contribution is 2.28. The van der Waals surface area contributed by atoms with Crippen molar-refractivity contribution in [3.8, 4) is 5.75 Å². The molecule has 0 aromatic heterocycles. The van der Waals surface area contributed by atoms with Gasteiger partial charge in [0.25, 0.3) is 0 Å². The van der Waals surface area contributed by atoms with Crippen LogP contribution in [-0.4, -0.2) is 17.4 Å². The van der Waals surface area contributed by atoms with Gasteiger partial charge in [0, 0.05) is 5.02 Å². The molecule has 0 saturated heterocycles. The zero-order valence-corrected chi connectivity index (χ0v) is 9.01. The number of benzene rings is 1. The first kappa shape index (κ1) is 11.8. The number of ether oxygens (including phenoxy) is 1. The molecular formula is C10H10ClFO3. The number of halogens is 2. The Morgan fingerprint density at radius 3 is 2.33 bits per heavy atom. The molecule has 0 amide bonds. The summed E-state index contributed by atoms with van der Waals surface area (Å²) in [6.07, 6.45) is -2.36. The number of aryl methyl sites for hydroxylation is 2. The number of hydrogen-bond donors (Lipinski definition) is 1. The van der Waals surface area contributed by atoms with Crippen LogP contribution in [0.2, 0.25) is 5.02 Å². The van der Waals surface area contributed by atoms with E-state index < -0.39 is 12.3 Å². The van der Waals surface area contributed by atoms with Gasteiger partial charge in [0.2, 0.25) is 0 Å². The third kappa shape index (κ3) is 2.83. The van der Waals surface area contributed by atoms with Crippen LogP contribution in [0.15, 0.2) is 12.1 Å². The van der Waals surface area contributed by atoms with Crippen molar-refractivity contribution < 1.29 is 19.0 Å². The maximum Gasteiger partial charge on any atom is 0.378 e. The van der Waals surface area contributed by atoms with Crippen LogP contribution in [0.5, 0.6) is 5.75 Å². The third-order valence-electron chi connectivity index (χ3n) is 1.84. The minimum atomic E-state index is -2.36. The summed E-state index contributed by atoms with van der Waals surface area (Å²) in [6.45, 7) is 3.34. The molecule has 1 aromatic rings. The van der Waals surface area contributed by atoms with Crippen molar-refractivity contribution in [3.05, 3.63) is 28.3 Å². The van der Waals surface area contributed by atoms with E-state index in [1.807, 2.05) is 0 Å². The smallest absolute Gasteiger partial charge is 0.378 e. The highest BCUT2D eigenvalue weighted by molar-refractivity contribution is 6.30. The second-order valence-corrected chi connectivity index (χ2v) is 3.58. The van der Waals surface area contributed by atoms with Gasteiger partial charge >= 0.3 is 12.3 Å². The van der Waals surface area contributed by atoms with Gasteiger partial charge in [-0.25, -0.2) is 4.79 Å². The Kier molecular flexibility index (Phi) is 3.52. The molecule has 3 nitrogen and oxygen atoms in total. The Morgan fingerprint density at radius 2 is 1.93 bits per heavy atom. The van der Waals surface area contributed by atoms with E-state index in [1.165, 1.54) is 0 Å². The summed E-state index contributed by atoms with van der Waals surface area (Å²) in [5.74, 6) is -1.43. The van der Waals surface area contributed by atoms with E-state index >= 15 is 0 Å². The van der Waals surface area contributed by atoms with Crippen molar-refractivity contribution in [2.75, 3.05) is 0 Å². The molecule has 0 aliphatic rings. The molecule has 5 heteroatoms. The average Bonchev–Trinajstić information content (AvgIpc) is 2.10. The predicted molar refractivity (Wildman–Crippen MR) is 54.1 cm³/mol. The molecule has 0 heterocycles. The molecule has 0 radical (unpaired) electrons. The molecule has 82 valence electrons. The Labute approximate surface area is 91.4 Å². The Hall–Kier alpha value is -1.29. The summed E-state index contributed by atoms with van der Waals surface area (Å²) in [4.78, 5) is 10.3. The molecule has 0 spiro atoms. The fourth-order valence-electron chi connectivity index (χ4n) is 1.24. The van der Waals surface area contributed by atoms with Gasteiger partial charge in [-0.3, -0.25) is 0 Å². The summed E-state index contributed by atoms with van der Waals surface area (Å²) in [5, 5.41) is 8.86. The van der Waals surface area contributed by atoms with Crippen molar-refractivity contribution in [2.24, 2.45) is 0 Å². The SMILES string of the molecule is Cc1cc(Cl)cc(C)c1OC(F)C(=O)O. The van der Waals surface area contributed by atoms with E-state index in [2.05, 4.69) is 4.74 Å². The number of aliphatic carboxylic acids is 1. The second kappa shape index (κ2) is 4.49. The van der Waals surface area contributed by atoms with Gasteiger partial charge in [-0.05, 0) is 37.1 Å². The van der Waals surface area contributed by atoms with Crippen LogP contribution in [0.4, 0.5) is 4.39 Å². The van der Waals surface area contributed by atoms with Gasteiger partial charge in [0.15, 0.2) is 0 Å². The lowest BCUT2D eigenvalue weighted by Gasteiger charge is -2.13. The normalized spacial score (nSPS) is 12.3. The quantitative estimate of drug-likeness (QED) is 0.872. The van der Waals surface area contributed by atoms with Gasteiger partial charge < -0.3 is 9.84 Å². The lowest BCUT2D eigenvalue weighted by Crippen LogP contribution is -2.22. The molecule has 1 N–H and O–H groups in total. The first-order valence-electron chi connectivity index (χ1n) is 4.22. The van der Waals surface area contributed by atoms with E-state index in [9.17, 15) is 9.18 Å². The van der Waals surface area contributed by atoms with Crippen molar-refractivity contribution in [2.45, 2.75) is 20.2 Å². The number of carboxylic acids is 1. The van der Waals surface area contributed by atoms with Gasteiger partial charge in [-0.1, -0.05) is 11.6 Å². The summed E-state index contributed by atoms with van der Waals surface area (Å²) in [6, 6.07) is 3.16. The van der Waals surface area contributed by atoms with Crippen molar-refractivity contribution in [1.29, 1.82) is 0 Å². The summed E-state index contributed by atoms with van der Waals surface area (Å²) >= 11 is 5.76. The summed E-state index contributed by atoms with van der Waals surface area (Å²) < 4.78 is 17.5. The van der Waals surface area contributed by atoms with Gasteiger partial charge in [-0.15, -0.1) is 0 Å². The molecule has 0 bridgehead atoms. The van der Waals surface area contributed by atoms with Crippen molar-refractivity contribution in [3.63, 3.8) is 0 Å². The van der Waals surface area contributed by atoms with Crippen LogP contribution in [0.3, 0.4) is 0 Å². The number of rotatable bonds is 3. The third-order valence-corrected chi connectivity index (χ3v) is 2.06. The van der Waals surface area contributed by atoms with Crippen molar-refractivity contribution >= 4 is 17.6 Å². The van der Waals surface area contributed by atoms with Gasteiger partial charge in [0.05, 0.1) is 0 Å². The van der Waals surface area contributed by atoms with E-state index in [0.29, 0.717) is 16.1 Å². The minimum absolute atomic E-state index is 0.217. The topological polar surface area (TPSA) is 46.5 Å². The van der Waals surface area contributed by atoms with E-state index in [-0.39, 0.29) is 5.75 Å². The number of carbonyl (C=O) groups is 1. The fraction of sp³-hybridized carbons (Fsp3) is 0.300. The molecule has 1 atom stereocenters. The van der Waals surface area contributed by atoms with Crippen LogP contribution in [0.1, 0.15) is 11.1 Å². The highest BCUT2D eigenvalue weighted by Gasteiger charge is 2.19. The molecule has 1 unspecified atom stereocenters. The summed E-state index contributed by atoms with van der Waals surface area (Å²) in [5.41, 5.74) is 1.20. The van der Waals surface area contributed by atoms with E-state index in [4.69, 9.17) is 16.7 Å². The standard InChI is InChI=1S/C10H10ClFO3/c1-5-3-7(11)4-6(2)8(5)15-9(12)10(13)14/h3-4,9H,1-2H3,(H,13,14). The van der Waals surface area contributed by atoms with E-state index in [0.717, 1.165) is 0 Å². The minimum Gasteiger partial charge on any atom is -0.476 e. The molecule has 0 fully saturated rings. The molecule has 0 aliphatic heterocycles. The predicted octanol–water partition coefficient (Wildman–Crippen LogP) is 2.72. The Bertz CT molecular complexity index is 369. The number of hydrogen-bond acceptors (Lipinski definition) is 2. The molecule has 1 rings (SSSR count). The molecule has 0 saturated carbocycles. The van der Waals surface area contributed by atoms with Crippen LogP contribution in [-0.2, 0) is 4.79 Å². The monoisotopic (exact) mass is 232 g/mol. The molecule has 15 heavy (non-hydrogen) atoms. The summed E-state index contributed by atoms with van der Waals surface area (Å²) in [7, 11) is 0. The van der Waals surface area contributed by atoms with Gasteiger partial charge in [-0.2, -0.15) is 4.39 Å². The largest absolute Gasteiger partial charge is 0.476 e. The fourth-order valence-corrected chi connectivity index (χ4v) is 1.56. The number of alkyl halides is 1. The van der Waals surface area contributed by atoms with Crippen LogP contribution in [0, 0.1) is 13.8 Å². The van der Waals surface area contributed by atoms with Crippen molar-refractivity contribution in [1.82, 2.24) is 0 Å². The molecule has 0 aliphatic carbocycles. The van der Waals surface area contributed by atoms with Crippen LogP contribution in [0.25, 0.3) is 0 Å². The number of carboxylic acid groups (broad SMARTS) is 1. The first-order chi connectivity index (χ1) is 6.91. The molecule has 1 aromatic carbocycles. The Balaban J connectivity index is 3.00. The maximum atomic E-state index is 12.8. The van der Waals surface area contributed by atoms with Crippen LogP contribution >= 0.6 is 11.6 Å². The highest BCUT2D eigenvalue weighted by atomic mass is 35.5. The average molecular weight is 233 g/mol. The second-order valence-electron chi connectivity index (χ2n) is 3.14. The van der Waals surface area contributed by atoms with Gasteiger partial charge in [0.1, 0.15) is 5.75 Å². The molecular weight excluding hydrogens is 223 g/mol. The van der Waals surface area contributed by atoms with Crippen LogP contribution < -0.4 is 4.74 Å². The Morgan fingerprint density at radius 1 is 1.47 bits per heavy atom. The zero-order valence-electron chi connectivity index (χ0n) is 8.25. The van der Waals surface area contributed by atoms with E-state index in [1.54, 1.807) is 26.0 Å². The lowest BCUT2D eigenvalue weighted by molar-refractivity contribution is -0.153. The zero-order chi connectivity index (χ0) is 11.6.